The fraction of sp³-hybridized carbons (Fsp3) is 0.579. The van der Waals surface area contributed by atoms with Gasteiger partial charge in [-0.05, 0) is 0 Å². The number of rotatable bonds is 6. The lowest BCUT2D eigenvalue weighted by Gasteiger charge is -2.43. The SMILES string of the molecule is CO[C@@H]1O[C@H](C[n+]2ccccc2C)[C@@H](OC(C)=O)[C@H](OC(C)=O)[C@H]1OC(C)=O. The van der Waals surface area contributed by atoms with E-state index in [1.165, 1.54) is 27.9 Å². The number of nitrogens with zero attached hydrogens (tertiary/aromatic N) is 1. The third-order valence-electron chi connectivity index (χ3n) is 4.27. The van der Waals surface area contributed by atoms with E-state index in [0.717, 1.165) is 5.69 Å². The van der Waals surface area contributed by atoms with Crippen LogP contribution in [0.5, 0.6) is 0 Å². The van der Waals surface area contributed by atoms with E-state index in [1.54, 1.807) is 0 Å². The Bertz CT molecular complexity index is 722. The summed E-state index contributed by atoms with van der Waals surface area (Å²) in [6, 6.07) is 5.67. The molecule has 2 heterocycles. The van der Waals surface area contributed by atoms with Crippen molar-refractivity contribution in [2.45, 2.75) is 64.9 Å². The summed E-state index contributed by atoms with van der Waals surface area (Å²) in [6.45, 7) is 5.90. The van der Waals surface area contributed by atoms with Gasteiger partial charge in [0.2, 0.25) is 0 Å². The fourth-order valence-corrected chi connectivity index (χ4v) is 3.15. The van der Waals surface area contributed by atoms with E-state index in [9.17, 15) is 14.4 Å². The predicted molar refractivity (Wildman–Crippen MR) is 93.7 cm³/mol. The van der Waals surface area contributed by atoms with Crippen LogP contribution in [0.3, 0.4) is 0 Å². The van der Waals surface area contributed by atoms with E-state index in [-0.39, 0.29) is 0 Å². The molecule has 0 N–H and O–H groups in total. The van der Waals surface area contributed by atoms with Gasteiger partial charge in [0.15, 0.2) is 49.1 Å². The molecule has 0 bridgehead atoms. The molecule has 1 aliphatic rings. The Morgan fingerprint density at radius 3 is 2.07 bits per heavy atom. The summed E-state index contributed by atoms with van der Waals surface area (Å²) < 4.78 is 29.3. The summed E-state index contributed by atoms with van der Waals surface area (Å²) in [6.07, 6.45) is -3.04. The van der Waals surface area contributed by atoms with E-state index >= 15 is 0 Å². The highest BCUT2D eigenvalue weighted by Crippen LogP contribution is 2.29. The molecule has 1 aromatic rings. The molecular weight excluding hydrogens is 370 g/mol. The molecule has 0 saturated carbocycles. The fourth-order valence-electron chi connectivity index (χ4n) is 3.15. The van der Waals surface area contributed by atoms with Crippen molar-refractivity contribution in [3.63, 3.8) is 0 Å². The van der Waals surface area contributed by atoms with Crippen LogP contribution in [0.4, 0.5) is 0 Å². The molecule has 28 heavy (non-hydrogen) atoms. The summed E-state index contributed by atoms with van der Waals surface area (Å²) in [5.74, 6) is -1.80. The third kappa shape index (κ3) is 5.49. The van der Waals surface area contributed by atoms with E-state index in [0.29, 0.717) is 6.54 Å². The summed E-state index contributed by atoms with van der Waals surface area (Å²) in [5.41, 5.74) is 0.952. The van der Waals surface area contributed by atoms with Gasteiger partial charge in [-0.15, -0.1) is 0 Å². The molecule has 1 aromatic heterocycles. The van der Waals surface area contributed by atoms with Crippen LogP contribution in [0.15, 0.2) is 24.4 Å². The van der Waals surface area contributed by atoms with Gasteiger partial charge >= 0.3 is 17.9 Å². The molecule has 9 nitrogen and oxygen atoms in total. The lowest BCUT2D eigenvalue weighted by molar-refractivity contribution is -0.712. The van der Waals surface area contributed by atoms with Crippen LogP contribution in [-0.4, -0.2) is 55.7 Å². The molecule has 1 aliphatic heterocycles. The van der Waals surface area contributed by atoms with Crippen LogP contribution in [0, 0.1) is 6.92 Å². The van der Waals surface area contributed by atoms with E-state index in [4.69, 9.17) is 23.7 Å². The Morgan fingerprint density at radius 2 is 1.54 bits per heavy atom. The summed E-state index contributed by atoms with van der Waals surface area (Å²) in [5, 5.41) is 0. The van der Waals surface area contributed by atoms with Crippen molar-refractivity contribution in [3.05, 3.63) is 30.1 Å². The van der Waals surface area contributed by atoms with Gasteiger partial charge in [0.25, 0.3) is 0 Å². The number of carbonyl (C=O) groups is 3. The van der Waals surface area contributed by atoms with Crippen molar-refractivity contribution in [1.29, 1.82) is 0 Å². The van der Waals surface area contributed by atoms with Crippen LogP contribution in [0.2, 0.25) is 0 Å². The first-order chi connectivity index (χ1) is 13.2. The van der Waals surface area contributed by atoms with Crippen molar-refractivity contribution >= 4 is 17.9 Å². The zero-order chi connectivity index (χ0) is 20.8. The maximum absolute atomic E-state index is 11.7. The zero-order valence-electron chi connectivity index (χ0n) is 16.6. The van der Waals surface area contributed by atoms with E-state index in [2.05, 4.69) is 0 Å². The van der Waals surface area contributed by atoms with E-state index < -0.39 is 48.6 Å². The highest BCUT2D eigenvalue weighted by atomic mass is 16.7. The van der Waals surface area contributed by atoms with Gasteiger partial charge in [-0.2, -0.15) is 4.57 Å². The predicted octanol–water partition coefficient (Wildman–Crippen LogP) is 0.449. The Kier molecular flexibility index (Phi) is 7.47. The minimum atomic E-state index is -1.09. The Morgan fingerprint density at radius 1 is 0.964 bits per heavy atom. The summed E-state index contributed by atoms with van der Waals surface area (Å²) >= 11 is 0. The Hall–Kier alpha value is -2.52. The Labute approximate surface area is 163 Å². The van der Waals surface area contributed by atoms with Gasteiger partial charge in [0, 0.05) is 46.9 Å². The van der Waals surface area contributed by atoms with Gasteiger partial charge in [0.1, 0.15) is 0 Å². The highest BCUT2D eigenvalue weighted by molar-refractivity contribution is 5.68. The second kappa shape index (κ2) is 9.61. The first-order valence-corrected chi connectivity index (χ1v) is 8.88. The number of aromatic nitrogens is 1. The first kappa shape index (κ1) is 21.8. The molecule has 0 aromatic carbocycles. The molecular formula is C19H26NO8+. The number of ether oxygens (including phenoxy) is 5. The lowest BCUT2D eigenvalue weighted by atomic mass is 9.97. The molecule has 0 spiro atoms. The van der Waals surface area contributed by atoms with Crippen molar-refractivity contribution in [2.24, 2.45) is 0 Å². The molecule has 9 heteroatoms. The van der Waals surface area contributed by atoms with Crippen molar-refractivity contribution in [3.8, 4) is 0 Å². The summed E-state index contributed by atoms with van der Waals surface area (Å²) in [4.78, 5) is 35.0. The number of carbonyl (C=O) groups excluding carboxylic acids is 3. The molecule has 154 valence electrons. The molecule has 1 saturated heterocycles. The smallest absolute Gasteiger partial charge is 0.303 e. The monoisotopic (exact) mass is 396 g/mol. The van der Waals surface area contributed by atoms with Gasteiger partial charge < -0.3 is 23.7 Å². The Balaban J connectivity index is 2.41. The number of hydrogen-bond acceptors (Lipinski definition) is 8. The molecule has 0 radical (unpaired) electrons. The number of aryl methyl sites for hydroxylation is 1. The number of hydrogen-bond donors (Lipinski definition) is 0. The van der Waals surface area contributed by atoms with E-state index in [1.807, 2.05) is 35.9 Å². The summed E-state index contributed by atoms with van der Waals surface area (Å²) in [7, 11) is 1.39. The molecule has 0 amide bonds. The maximum Gasteiger partial charge on any atom is 0.303 e. The van der Waals surface area contributed by atoms with Crippen molar-refractivity contribution in [1.82, 2.24) is 0 Å². The largest absolute Gasteiger partial charge is 0.455 e. The van der Waals surface area contributed by atoms with Gasteiger partial charge in [-0.1, -0.05) is 6.07 Å². The molecule has 0 unspecified atom stereocenters. The average molecular weight is 396 g/mol. The quantitative estimate of drug-likeness (QED) is 0.388. The standard InChI is InChI=1S/C19H26NO8/c1-11-8-6-7-9-20(11)10-15-16(25-12(2)21)17(26-13(3)22)18(27-14(4)23)19(24-5)28-15/h6-9,15-19H,10H2,1-5H3/q+1/t15-,16-,17+,18-,19-/m1/s1. The van der Waals surface area contributed by atoms with Gasteiger partial charge in [-0.25, -0.2) is 0 Å². The molecule has 1 fully saturated rings. The highest BCUT2D eigenvalue weighted by Gasteiger charge is 2.53. The minimum absolute atomic E-state index is 0.301. The molecule has 5 atom stereocenters. The van der Waals surface area contributed by atoms with Crippen LogP contribution in [0.1, 0.15) is 26.5 Å². The van der Waals surface area contributed by atoms with Crippen LogP contribution in [0.25, 0.3) is 0 Å². The van der Waals surface area contributed by atoms with Gasteiger partial charge in [0.05, 0.1) is 0 Å². The van der Waals surface area contributed by atoms with Crippen molar-refractivity contribution < 1.29 is 42.6 Å². The van der Waals surface area contributed by atoms with Gasteiger partial charge in [-0.3, -0.25) is 14.4 Å². The van der Waals surface area contributed by atoms with Crippen LogP contribution in [-0.2, 0) is 44.6 Å². The second-order valence-electron chi connectivity index (χ2n) is 6.50. The van der Waals surface area contributed by atoms with Crippen molar-refractivity contribution in [2.75, 3.05) is 7.11 Å². The number of methoxy groups -OCH3 is 1. The topological polar surface area (TPSA) is 101 Å². The first-order valence-electron chi connectivity index (χ1n) is 8.88. The average Bonchev–Trinajstić information content (AvgIpc) is 2.60. The van der Waals surface area contributed by atoms with Crippen LogP contribution < -0.4 is 4.57 Å². The normalized spacial score (nSPS) is 27.0. The molecule has 0 aliphatic carbocycles. The second-order valence-corrected chi connectivity index (χ2v) is 6.50. The zero-order valence-corrected chi connectivity index (χ0v) is 16.6. The number of pyridine rings is 1. The number of esters is 3. The minimum Gasteiger partial charge on any atom is -0.455 e. The van der Waals surface area contributed by atoms with Crippen LogP contribution >= 0.6 is 0 Å². The third-order valence-corrected chi connectivity index (χ3v) is 4.27. The molecule has 2 rings (SSSR count). The lowest BCUT2D eigenvalue weighted by Crippen LogP contribution is -2.64. The maximum atomic E-state index is 11.7.